The highest BCUT2D eigenvalue weighted by molar-refractivity contribution is 6.53. The topological polar surface area (TPSA) is 75.7 Å². The smallest absolute Gasteiger partial charge is 0.343 e. The van der Waals surface area contributed by atoms with Gasteiger partial charge in [-0.15, -0.1) is 0 Å². The lowest BCUT2D eigenvalue weighted by molar-refractivity contribution is -0.120. The van der Waals surface area contributed by atoms with Crippen molar-refractivity contribution in [2.45, 2.75) is 13.8 Å². The highest BCUT2D eigenvalue weighted by Crippen LogP contribution is 2.32. The molecule has 0 atom stereocenters. The molecular formula is C29H21ClN2O4. The lowest BCUT2D eigenvalue weighted by atomic mass is 10.1. The highest BCUT2D eigenvalue weighted by Gasteiger charge is 2.39. The van der Waals surface area contributed by atoms with Crippen molar-refractivity contribution in [1.29, 1.82) is 0 Å². The van der Waals surface area contributed by atoms with Gasteiger partial charge in [-0.3, -0.25) is 9.59 Å². The van der Waals surface area contributed by atoms with Crippen LogP contribution in [-0.2, 0) is 9.59 Å². The molecule has 4 aromatic carbocycles. The lowest BCUT2D eigenvalue weighted by Crippen LogP contribution is -2.32. The molecule has 0 bridgehead atoms. The number of nitrogens with one attached hydrogen (secondary N) is 1. The van der Waals surface area contributed by atoms with Gasteiger partial charge in [0.05, 0.1) is 11.3 Å². The van der Waals surface area contributed by atoms with E-state index in [1.165, 1.54) is 0 Å². The molecule has 4 aromatic rings. The van der Waals surface area contributed by atoms with E-state index >= 15 is 0 Å². The monoisotopic (exact) mass is 496 g/mol. The Morgan fingerprint density at radius 3 is 2.31 bits per heavy atom. The van der Waals surface area contributed by atoms with Crippen LogP contribution in [0.25, 0.3) is 10.8 Å². The number of esters is 1. The molecule has 1 aliphatic rings. The minimum Gasteiger partial charge on any atom is -0.423 e. The van der Waals surface area contributed by atoms with E-state index in [0.29, 0.717) is 22.7 Å². The highest BCUT2D eigenvalue weighted by atomic mass is 35.5. The van der Waals surface area contributed by atoms with E-state index in [-0.39, 0.29) is 10.7 Å². The Morgan fingerprint density at radius 2 is 1.56 bits per heavy atom. The minimum atomic E-state index is -0.589. The van der Waals surface area contributed by atoms with Crippen molar-refractivity contribution in [3.63, 3.8) is 0 Å². The summed E-state index contributed by atoms with van der Waals surface area (Å²) in [6.45, 7) is 3.71. The standard InChI is InChI=1S/C29H21ClN2O4/c1-17-7-8-18(2)24(15-17)32-27(33)25(30)26(28(32)34)31-22-12-9-20(10-13-22)29(35)36-23-14-11-19-5-3-4-6-21(19)16-23/h3-16,31H,1-2H3. The normalized spacial score (nSPS) is 13.5. The fourth-order valence-corrected chi connectivity index (χ4v) is 4.23. The van der Waals surface area contributed by atoms with Gasteiger partial charge in [-0.05, 0) is 78.2 Å². The summed E-state index contributed by atoms with van der Waals surface area (Å²) in [4.78, 5) is 39.6. The largest absolute Gasteiger partial charge is 0.423 e. The SMILES string of the molecule is Cc1ccc(C)c(N2C(=O)C(Cl)=C(Nc3ccc(C(=O)Oc4ccc5ccccc5c4)cc3)C2=O)c1. The molecule has 1 N–H and O–H groups in total. The Morgan fingerprint density at radius 1 is 0.833 bits per heavy atom. The van der Waals surface area contributed by atoms with Crippen molar-refractivity contribution in [2.24, 2.45) is 0 Å². The number of halogens is 1. The van der Waals surface area contributed by atoms with Gasteiger partial charge in [-0.2, -0.15) is 0 Å². The first-order valence-corrected chi connectivity index (χ1v) is 11.6. The number of nitrogens with zero attached hydrogens (tertiary/aromatic N) is 1. The van der Waals surface area contributed by atoms with Gasteiger partial charge in [-0.1, -0.05) is 54.1 Å². The van der Waals surface area contributed by atoms with E-state index in [9.17, 15) is 14.4 Å². The van der Waals surface area contributed by atoms with Crippen LogP contribution in [0.3, 0.4) is 0 Å². The third kappa shape index (κ3) is 4.34. The minimum absolute atomic E-state index is 0.0194. The molecule has 2 amide bonds. The molecule has 36 heavy (non-hydrogen) atoms. The quantitative estimate of drug-likeness (QED) is 0.205. The molecule has 178 valence electrons. The molecule has 7 heteroatoms. The maximum atomic E-state index is 13.1. The molecule has 5 rings (SSSR count). The van der Waals surface area contributed by atoms with Crippen LogP contribution in [0, 0.1) is 13.8 Å². The number of hydrogen-bond donors (Lipinski definition) is 1. The van der Waals surface area contributed by atoms with Crippen LogP contribution < -0.4 is 15.0 Å². The molecule has 0 radical (unpaired) electrons. The summed E-state index contributed by atoms with van der Waals surface area (Å²) < 4.78 is 5.52. The van der Waals surface area contributed by atoms with Crippen LogP contribution in [0.4, 0.5) is 11.4 Å². The van der Waals surface area contributed by atoms with Gasteiger partial charge in [0, 0.05) is 5.69 Å². The average Bonchev–Trinajstić information content (AvgIpc) is 3.08. The number of aryl methyl sites for hydroxylation is 2. The van der Waals surface area contributed by atoms with Crippen LogP contribution in [0.15, 0.2) is 95.7 Å². The fraction of sp³-hybridized carbons (Fsp3) is 0.0690. The van der Waals surface area contributed by atoms with E-state index in [2.05, 4.69) is 5.32 Å². The van der Waals surface area contributed by atoms with Crippen molar-refractivity contribution >= 4 is 51.5 Å². The van der Waals surface area contributed by atoms with Gasteiger partial charge in [0.15, 0.2) is 0 Å². The second kappa shape index (κ2) is 9.32. The summed E-state index contributed by atoms with van der Waals surface area (Å²) in [6, 6.07) is 25.2. The van der Waals surface area contributed by atoms with E-state index < -0.39 is 17.8 Å². The van der Waals surface area contributed by atoms with E-state index in [1.807, 2.05) is 62.4 Å². The Hall–Kier alpha value is -4.42. The van der Waals surface area contributed by atoms with Gasteiger partial charge >= 0.3 is 5.97 Å². The van der Waals surface area contributed by atoms with Crippen LogP contribution in [-0.4, -0.2) is 17.8 Å². The lowest BCUT2D eigenvalue weighted by Gasteiger charge is -2.18. The number of benzene rings is 4. The first-order chi connectivity index (χ1) is 17.3. The summed E-state index contributed by atoms with van der Waals surface area (Å²) >= 11 is 6.25. The molecule has 0 unspecified atom stereocenters. The van der Waals surface area contributed by atoms with E-state index in [0.717, 1.165) is 26.8 Å². The van der Waals surface area contributed by atoms with Gasteiger partial charge in [-0.25, -0.2) is 9.69 Å². The second-order valence-electron chi connectivity index (χ2n) is 8.53. The molecule has 0 spiro atoms. The molecule has 0 aliphatic carbocycles. The molecular weight excluding hydrogens is 476 g/mol. The van der Waals surface area contributed by atoms with Crippen molar-refractivity contribution in [2.75, 3.05) is 10.2 Å². The zero-order valence-electron chi connectivity index (χ0n) is 19.5. The van der Waals surface area contributed by atoms with Crippen LogP contribution in [0.5, 0.6) is 5.75 Å². The van der Waals surface area contributed by atoms with Gasteiger partial charge in [0.2, 0.25) is 0 Å². The van der Waals surface area contributed by atoms with Crippen LogP contribution in [0.2, 0.25) is 0 Å². The summed E-state index contributed by atoms with van der Waals surface area (Å²) in [6.07, 6.45) is 0. The van der Waals surface area contributed by atoms with Crippen molar-refractivity contribution in [3.8, 4) is 5.75 Å². The third-order valence-electron chi connectivity index (χ3n) is 5.95. The predicted molar refractivity (Wildman–Crippen MR) is 140 cm³/mol. The van der Waals surface area contributed by atoms with Crippen molar-refractivity contribution in [3.05, 3.63) is 112 Å². The zero-order valence-corrected chi connectivity index (χ0v) is 20.3. The van der Waals surface area contributed by atoms with Gasteiger partial charge in [0.1, 0.15) is 16.5 Å². The number of hydrogen-bond acceptors (Lipinski definition) is 5. The Labute approximate surface area is 212 Å². The maximum Gasteiger partial charge on any atom is 0.343 e. The fourth-order valence-electron chi connectivity index (χ4n) is 4.02. The van der Waals surface area contributed by atoms with Crippen LogP contribution >= 0.6 is 11.6 Å². The summed E-state index contributed by atoms with van der Waals surface area (Å²) in [7, 11) is 0. The molecule has 1 heterocycles. The number of fused-ring (bicyclic) bond motifs is 1. The second-order valence-corrected chi connectivity index (χ2v) is 8.90. The number of imide groups is 1. The van der Waals surface area contributed by atoms with E-state index in [4.69, 9.17) is 16.3 Å². The number of carbonyl (C=O) groups is 3. The third-order valence-corrected chi connectivity index (χ3v) is 6.30. The first kappa shape index (κ1) is 23.3. The molecule has 0 aromatic heterocycles. The van der Waals surface area contributed by atoms with Crippen LogP contribution in [0.1, 0.15) is 21.5 Å². The molecule has 1 aliphatic heterocycles. The molecule has 0 saturated carbocycles. The number of anilines is 2. The predicted octanol–water partition coefficient (Wildman–Crippen LogP) is 6.11. The van der Waals surface area contributed by atoms with Crippen molar-refractivity contribution in [1.82, 2.24) is 0 Å². The molecule has 0 saturated heterocycles. The van der Waals surface area contributed by atoms with E-state index in [1.54, 1.807) is 36.4 Å². The number of ether oxygens (including phenoxy) is 1. The average molecular weight is 497 g/mol. The Bertz CT molecular complexity index is 1570. The molecule has 0 fully saturated rings. The van der Waals surface area contributed by atoms with Gasteiger partial charge < -0.3 is 10.1 Å². The number of amides is 2. The zero-order chi connectivity index (χ0) is 25.4. The Balaban J connectivity index is 1.31. The van der Waals surface area contributed by atoms with Crippen molar-refractivity contribution < 1.29 is 19.1 Å². The number of rotatable bonds is 5. The Kier molecular flexibility index (Phi) is 6.04. The summed E-state index contributed by atoms with van der Waals surface area (Å²) in [5, 5.41) is 4.75. The maximum absolute atomic E-state index is 13.1. The first-order valence-electron chi connectivity index (χ1n) is 11.3. The van der Waals surface area contributed by atoms with Gasteiger partial charge in [0.25, 0.3) is 11.8 Å². The molecule has 6 nitrogen and oxygen atoms in total. The summed E-state index contributed by atoms with van der Waals surface area (Å²) in [5.74, 6) is -1.20. The number of carbonyl (C=O) groups excluding carboxylic acids is 3. The summed E-state index contributed by atoms with van der Waals surface area (Å²) in [5.41, 5.74) is 3.00.